The number of nitrogens with zero attached hydrogens (tertiary/aromatic N) is 1. The zero-order chi connectivity index (χ0) is 23.5. The summed E-state index contributed by atoms with van der Waals surface area (Å²) in [4.78, 5) is 61.9. The van der Waals surface area contributed by atoms with Crippen LogP contribution in [0.3, 0.4) is 0 Å². The summed E-state index contributed by atoms with van der Waals surface area (Å²) in [6.07, 6.45) is 0.890. The molecule has 2 aliphatic rings. The Morgan fingerprint density at radius 2 is 1.91 bits per heavy atom. The third-order valence-electron chi connectivity index (χ3n) is 4.93. The average molecular weight is 445 g/mol. The fraction of sp³-hybridized carbons (Fsp3) is 0.500. The van der Waals surface area contributed by atoms with Crippen LogP contribution in [-0.4, -0.2) is 59.4 Å². The van der Waals surface area contributed by atoms with E-state index >= 15 is 0 Å². The molecule has 0 spiro atoms. The highest BCUT2D eigenvalue weighted by molar-refractivity contribution is 6.24. The molecule has 10 heteroatoms. The number of rotatable bonds is 7. The van der Waals surface area contributed by atoms with Gasteiger partial charge in [-0.25, -0.2) is 4.79 Å². The maximum Gasteiger partial charge on any atom is 0.407 e. The Morgan fingerprint density at radius 3 is 2.59 bits per heavy atom. The van der Waals surface area contributed by atoms with Gasteiger partial charge >= 0.3 is 6.09 Å². The zero-order valence-electron chi connectivity index (χ0n) is 18.4. The number of imide groups is 2. The number of amides is 5. The van der Waals surface area contributed by atoms with E-state index in [9.17, 15) is 24.0 Å². The van der Waals surface area contributed by atoms with Gasteiger partial charge in [0, 0.05) is 13.0 Å². The molecule has 3 rings (SSSR count). The number of ether oxygens (including phenoxy) is 2. The van der Waals surface area contributed by atoms with Crippen molar-refractivity contribution >= 4 is 29.7 Å². The van der Waals surface area contributed by atoms with E-state index in [2.05, 4.69) is 10.6 Å². The first-order chi connectivity index (χ1) is 15.1. The number of nitrogens with one attached hydrogen (secondary N) is 2. The number of fused-ring (bicyclic) bond motifs is 1. The van der Waals surface area contributed by atoms with E-state index in [-0.39, 0.29) is 36.3 Å². The van der Waals surface area contributed by atoms with Crippen LogP contribution in [0.1, 0.15) is 67.2 Å². The second-order valence-electron chi connectivity index (χ2n) is 8.61. The zero-order valence-corrected chi connectivity index (χ0v) is 18.4. The van der Waals surface area contributed by atoms with Crippen LogP contribution in [0.5, 0.6) is 5.75 Å². The van der Waals surface area contributed by atoms with Crippen molar-refractivity contribution in [3.63, 3.8) is 0 Å². The molecule has 1 saturated heterocycles. The molecule has 2 aliphatic heterocycles. The third-order valence-corrected chi connectivity index (χ3v) is 4.93. The summed E-state index contributed by atoms with van der Waals surface area (Å²) in [5, 5.41) is 4.83. The van der Waals surface area contributed by atoms with Gasteiger partial charge in [-0.1, -0.05) is 6.07 Å². The summed E-state index contributed by atoms with van der Waals surface area (Å²) in [6.45, 7) is 6.03. The average Bonchev–Trinajstić information content (AvgIpc) is 2.95. The van der Waals surface area contributed by atoms with Crippen molar-refractivity contribution in [1.29, 1.82) is 0 Å². The molecule has 172 valence electrons. The summed E-state index contributed by atoms with van der Waals surface area (Å²) < 4.78 is 10.9. The number of carbonyl (C=O) groups is 5. The summed E-state index contributed by atoms with van der Waals surface area (Å²) in [5.74, 6) is -2.01. The number of piperidine rings is 1. The molecular weight excluding hydrogens is 418 g/mol. The molecule has 2 N–H and O–H groups in total. The first-order valence-corrected chi connectivity index (χ1v) is 10.5. The second kappa shape index (κ2) is 9.37. The summed E-state index contributed by atoms with van der Waals surface area (Å²) in [6, 6.07) is 3.69. The van der Waals surface area contributed by atoms with Crippen molar-refractivity contribution in [3.05, 3.63) is 29.3 Å². The van der Waals surface area contributed by atoms with Crippen LogP contribution < -0.4 is 15.4 Å². The van der Waals surface area contributed by atoms with Crippen molar-refractivity contribution < 1.29 is 33.4 Å². The molecule has 32 heavy (non-hydrogen) atoms. The van der Waals surface area contributed by atoms with Crippen molar-refractivity contribution in [3.8, 4) is 5.75 Å². The Balaban J connectivity index is 1.55. The molecule has 10 nitrogen and oxygen atoms in total. The van der Waals surface area contributed by atoms with Crippen LogP contribution in [0.25, 0.3) is 0 Å². The molecule has 1 fully saturated rings. The van der Waals surface area contributed by atoms with Crippen LogP contribution in [0.15, 0.2) is 18.2 Å². The lowest BCUT2D eigenvalue weighted by molar-refractivity contribution is -0.136. The Kier molecular flexibility index (Phi) is 6.81. The maximum absolute atomic E-state index is 13.0. The highest BCUT2D eigenvalue weighted by atomic mass is 16.6. The van der Waals surface area contributed by atoms with Gasteiger partial charge in [-0.15, -0.1) is 0 Å². The number of hydrogen-bond donors (Lipinski definition) is 2. The molecular formula is C22H27N3O7. The Bertz CT molecular complexity index is 951. The lowest BCUT2D eigenvalue weighted by atomic mass is 10.0. The van der Waals surface area contributed by atoms with E-state index in [1.165, 1.54) is 6.07 Å². The lowest BCUT2D eigenvalue weighted by Gasteiger charge is -2.27. The van der Waals surface area contributed by atoms with E-state index < -0.39 is 41.4 Å². The molecule has 0 aliphatic carbocycles. The van der Waals surface area contributed by atoms with E-state index in [4.69, 9.17) is 9.47 Å². The molecule has 0 radical (unpaired) electrons. The fourth-order valence-electron chi connectivity index (χ4n) is 3.52. The maximum atomic E-state index is 13.0. The Hall–Kier alpha value is -3.43. The topological polar surface area (TPSA) is 131 Å². The molecule has 1 aromatic rings. The number of alkyl carbamates (subject to hydrolysis) is 1. The van der Waals surface area contributed by atoms with Crippen LogP contribution >= 0.6 is 0 Å². The fourth-order valence-corrected chi connectivity index (χ4v) is 3.52. The standard InChI is InChI=1S/C22H27N3O7/c1-22(2,3)32-21(30)23-11-4-5-12-31-15-8-6-7-13-17(15)20(29)25(19(13)28)14-9-10-16(26)24-18(14)27/h6-8,14H,4-5,9-12H2,1-3H3,(H,23,30)(H,24,26,27). The lowest BCUT2D eigenvalue weighted by Crippen LogP contribution is -2.54. The largest absolute Gasteiger partial charge is 0.493 e. The molecule has 0 aromatic heterocycles. The predicted octanol–water partition coefficient (Wildman–Crippen LogP) is 1.77. The van der Waals surface area contributed by atoms with Gasteiger partial charge in [-0.2, -0.15) is 0 Å². The summed E-state index contributed by atoms with van der Waals surface area (Å²) in [7, 11) is 0. The third kappa shape index (κ3) is 5.24. The quantitative estimate of drug-likeness (QED) is 0.483. The number of carbonyl (C=O) groups excluding carboxylic acids is 5. The molecule has 2 heterocycles. The summed E-state index contributed by atoms with van der Waals surface area (Å²) >= 11 is 0. The van der Waals surface area contributed by atoms with Gasteiger partial charge in [0.2, 0.25) is 11.8 Å². The summed E-state index contributed by atoms with van der Waals surface area (Å²) in [5.41, 5.74) is -0.273. The first-order valence-electron chi connectivity index (χ1n) is 10.5. The smallest absolute Gasteiger partial charge is 0.407 e. The van der Waals surface area contributed by atoms with E-state index in [0.717, 1.165) is 4.90 Å². The normalized spacial score (nSPS) is 18.3. The number of unbranched alkanes of at least 4 members (excludes halogenated alkanes) is 1. The minimum absolute atomic E-state index is 0.0600. The minimum Gasteiger partial charge on any atom is -0.493 e. The van der Waals surface area contributed by atoms with Crippen LogP contribution in [-0.2, 0) is 14.3 Å². The molecule has 0 saturated carbocycles. The van der Waals surface area contributed by atoms with E-state index in [1.54, 1.807) is 32.9 Å². The van der Waals surface area contributed by atoms with Gasteiger partial charge in [-0.05, 0) is 52.2 Å². The monoisotopic (exact) mass is 445 g/mol. The SMILES string of the molecule is CC(C)(C)OC(=O)NCCCCOc1cccc2c1C(=O)N(C1CCC(=O)NC1=O)C2=O. The van der Waals surface area contributed by atoms with Crippen LogP contribution in [0.2, 0.25) is 0 Å². The van der Waals surface area contributed by atoms with Crippen molar-refractivity contribution in [2.24, 2.45) is 0 Å². The van der Waals surface area contributed by atoms with Crippen molar-refractivity contribution in [2.45, 2.75) is 58.1 Å². The van der Waals surface area contributed by atoms with Crippen molar-refractivity contribution in [2.75, 3.05) is 13.2 Å². The Labute approximate surface area is 185 Å². The highest BCUT2D eigenvalue weighted by Gasteiger charge is 2.45. The predicted molar refractivity (Wildman–Crippen MR) is 112 cm³/mol. The molecule has 1 unspecified atom stereocenters. The van der Waals surface area contributed by atoms with E-state index in [0.29, 0.717) is 19.4 Å². The van der Waals surface area contributed by atoms with Crippen molar-refractivity contribution in [1.82, 2.24) is 15.5 Å². The van der Waals surface area contributed by atoms with Gasteiger partial charge in [0.25, 0.3) is 11.8 Å². The van der Waals surface area contributed by atoms with Gasteiger partial charge < -0.3 is 14.8 Å². The molecule has 1 aromatic carbocycles. The van der Waals surface area contributed by atoms with Gasteiger partial charge in [0.15, 0.2) is 0 Å². The second-order valence-corrected chi connectivity index (χ2v) is 8.61. The molecule has 0 bridgehead atoms. The molecule has 1 atom stereocenters. The molecule has 5 amide bonds. The number of benzene rings is 1. The number of hydrogen-bond acceptors (Lipinski definition) is 7. The van der Waals surface area contributed by atoms with Crippen LogP contribution in [0.4, 0.5) is 4.79 Å². The van der Waals surface area contributed by atoms with E-state index in [1.807, 2.05) is 0 Å². The highest BCUT2D eigenvalue weighted by Crippen LogP contribution is 2.33. The first kappa shape index (κ1) is 23.2. The Morgan fingerprint density at radius 1 is 1.16 bits per heavy atom. The minimum atomic E-state index is -1.02. The van der Waals surface area contributed by atoms with Crippen LogP contribution in [0, 0.1) is 0 Å². The van der Waals surface area contributed by atoms with Gasteiger partial charge in [0.05, 0.1) is 17.7 Å². The van der Waals surface area contributed by atoms with Gasteiger partial charge in [-0.3, -0.25) is 29.4 Å². The van der Waals surface area contributed by atoms with Gasteiger partial charge in [0.1, 0.15) is 17.4 Å².